The number of hydrogen-bond acceptors (Lipinski definition) is 3. The first-order valence-electron chi connectivity index (χ1n) is 5.54. The van der Waals surface area contributed by atoms with E-state index < -0.39 is 0 Å². The third-order valence-electron chi connectivity index (χ3n) is 3.04. The molecular formula is C12H21ClN2S. The fraction of sp³-hybridized carbons (Fsp3) is 0.750. The van der Waals surface area contributed by atoms with Gasteiger partial charge >= 0.3 is 0 Å². The van der Waals surface area contributed by atoms with Crippen LogP contribution in [0.5, 0.6) is 0 Å². The van der Waals surface area contributed by atoms with Crippen LogP contribution in [-0.4, -0.2) is 23.0 Å². The summed E-state index contributed by atoms with van der Waals surface area (Å²) in [6.45, 7) is 9.96. The normalized spacial score (nSPS) is 14.4. The quantitative estimate of drug-likeness (QED) is 0.767. The van der Waals surface area contributed by atoms with Crippen molar-refractivity contribution in [1.82, 2.24) is 9.88 Å². The van der Waals surface area contributed by atoms with Gasteiger partial charge in [0.1, 0.15) is 5.01 Å². The van der Waals surface area contributed by atoms with E-state index in [1.807, 2.05) is 5.38 Å². The predicted octanol–water partition coefficient (Wildman–Crippen LogP) is 3.75. The first kappa shape index (κ1) is 13.9. The molecule has 0 bridgehead atoms. The van der Waals surface area contributed by atoms with Crippen LogP contribution in [0.4, 0.5) is 0 Å². The Balaban J connectivity index is 2.60. The van der Waals surface area contributed by atoms with Crippen LogP contribution in [0.15, 0.2) is 5.38 Å². The summed E-state index contributed by atoms with van der Waals surface area (Å²) in [5.41, 5.74) is 1.28. The summed E-state index contributed by atoms with van der Waals surface area (Å²) < 4.78 is 0. The van der Waals surface area contributed by atoms with E-state index in [0.717, 1.165) is 17.2 Å². The van der Waals surface area contributed by atoms with E-state index in [1.54, 1.807) is 11.3 Å². The molecule has 0 spiro atoms. The second-order valence-electron chi connectivity index (χ2n) is 5.32. The Morgan fingerprint density at radius 3 is 2.56 bits per heavy atom. The van der Waals surface area contributed by atoms with Crippen molar-refractivity contribution in [3.8, 4) is 0 Å². The molecule has 4 heteroatoms. The lowest BCUT2D eigenvalue weighted by Crippen LogP contribution is -2.38. The second-order valence-corrected chi connectivity index (χ2v) is 6.53. The highest BCUT2D eigenvalue weighted by Crippen LogP contribution is 2.24. The highest BCUT2D eigenvalue weighted by Gasteiger charge is 2.24. The standard InChI is InChI=1S/C12H21ClN2S/c1-9(12(2,3)4)15(5)7-11-14-10(6-13)8-16-11/h8-9H,6-7H2,1-5H3. The summed E-state index contributed by atoms with van der Waals surface area (Å²) >= 11 is 7.44. The van der Waals surface area contributed by atoms with Crippen LogP contribution in [0, 0.1) is 5.41 Å². The van der Waals surface area contributed by atoms with Gasteiger partial charge in [0.25, 0.3) is 0 Å². The van der Waals surface area contributed by atoms with Gasteiger partial charge in [0.05, 0.1) is 18.1 Å². The Kier molecular flexibility index (Phi) is 4.77. The van der Waals surface area contributed by atoms with Gasteiger partial charge in [0.2, 0.25) is 0 Å². The van der Waals surface area contributed by atoms with Gasteiger partial charge in [-0.05, 0) is 19.4 Å². The molecule has 0 saturated carbocycles. The Morgan fingerprint density at radius 1 is 1.50 bits per heavy atom. The number of aromatic nitrogens is 1. The molecule has 2 nitrogen and oxygen atoms in total. The number of halogens is 1. The van der Waals surface area contributed by atoms with E-state index in [9.17, 15) is 0 Å². The third kappa shape index (κ3) is 3.72. The molecule has 0 N–H and O–H groups in total. The van der Waals surface area contributed by atoms with Crippen molar-refractivity contribution >= 4 is 22.9 Å². The zero-order chi connectivity index (χ0) is 12.3. The third-order valence-corrected chi connectivity index (χ3v) is 4.19. The molecule has 0 saturated heterocycles. The highest BCUT2D eigenvalue weighted by atomic mass is 35.5. The molecule has 1 rings (SSSR count). The molecule has 0 aliphatic rings. The largest absolute Gasteiger partial charge is 0.297 e. The van der Waals surface area contributed by atoms with Crippen molar-refractivity contribution in [2.24, 2.45) is 5.41 Å². The second kappa shape index (κ2) is 5.48. The summed E-state index contributed by atoms with van der Waals surface area (Å²) in [6, 6.07) is 0.524. The predicted molar refractivity (Wildman–Crippen MR) is 72.1 cm³/mol. The maximum absolute atomic E-state index is 5.74. The molecule has 0 radical (unpaired) electrons. The fourth-order valence-corrected chi connectivity index (χ4v) is 2.58. The molecule has 0 aliphatic carbocycles. The number of nitrogens with zero attached hydrogens (tertiary/aromatic N) is 2. The van der Waals surface area contributed by atoms with E-state index in [2.05, 4.69) is 44.6 Å². The number of thiazole rings is 1. The van der Waals surface area contributed by atoms with Gasteiger partial charge in [0, 0.05) is 11.4 Å². The van der Waals surface area contributed by atoms with Crippen molar-refractivity contribution in [3.63, 3.8) is 0 Å². The molecule has 0 amide bonds. The lowest BCUT2D eigenvalue weighted by molar-refractivity contribution is 0.134. The van der Waals surface area contributed by atoms with Crippen molar-refractivity contribution in [1.29, 1.82) is 0 Å². The highest BCUT2D eigenvalue weighted by molar-refractivity contribution is 7.09. The van der Waals surface area contributed by atoms with Crippen LogP contribution < -0.4 is 0 Å². The van der Waals surface area contributed by atoms with Crippen LogP contribution in [0.25, 0.3) is 0 Å². The maximum atomic E-state index is 5.74. The van der Waals surface area contributed by atoms with E-state index in [1.165, 1.54) is 0 Å². The molecule has 1 aromatic rings. The SMILES string of the molecule is CC(N(C)Cc1nc(CCl)cs1)C(C)(C)C. The van der Waals surface area contributed by atoms with Gasteiger partial charge in [0.15, 0.2) is 0 Å². The Morgan fingerprint density at radius 2 is 2.12 bits per heavy atom. The van der Waals surface area contributed by atoms with Crippen LogP contribution in [-0.2, 0) is 12.4 Å². The minimum atomic E-state index is 0.293. The van der Waals surface area contributed by atoms with Crippen molar-refractivity contribution in [3.05, 3.63) is 16.1 Å². The summed E-state index contributed by atoms with van der Waals surface area (Å²) in [4.78, 5) is 6.82. The Hall–Kier alpha value is -0.120. The average Bonchev–Trinajstić information content (AvgIpc) is 2.63. The molecule has 0 aromatic carbocycles. The van der Waals surface area contributed by atoms with Gasteiger partial charge in [-0.2, -0.15) is 0 Å². The summed E-state index contributed by atoms with van der Waals surface area (Å²) in [6.07, 6.45) is 0. The monoisotopic (exact) mass is 260 g/mol. The van der Waals surface area contributed by atoms with E-state index in [4.69, 9.17) is 11.6 Å². The van der Waals surface area contributed by atoms with Gasteiger partial charge in [-0.15, -0.1) is 22.9 Å². The van der Waals surface area contributed by atoms with Crippen LogP contribution in [0.3, 0.4) is 0 Å². The Bertz CT molecular complexity index is 330. The van der Waals surface area contributed by atoms with E-state index in [0.29, 0.717) is 17.3 Å². The average molecular weight is 261 g/mol. The van der Waals surface area contributed by atoms with Crippen molar-refractivity contribution in [2.45, 2.75) is 46.2 Å². The molecule has 16 heavy (non-hydrogen) atoms. The molecule has 0 fully saturated rings. The van der Waals surface area contributed by atoms with Gasteiger partial charge in [-0.25, -0.2) is 4.98 Å². The van der Waals surface area contributed by atoms with Crippen LogP contribution >= 0.6 is 22.9 Å². The number of hydrogen-bond donors (Lipinski definition) is 0. The van der Waals surface area contributed by atoms with Crippen molar-refractivity contribution in [2.75, 3.05) is 7.05 Å². The zero-order valence-electron chi connectivity index (χ0n) is 10.7. The van der Waals surface area contributed by atoms with Crippen LogP contribution in [0.2, 0.25) is 0 Å². The van der Waals surface area contributed by atoms with Gasteiger partial charge < -0.3 is 0 Å². The molecule has 1 heterocycles. The lowest BCUT2D eigenvalue weighted by atomic mass is 9.87. The van der Waals surface area contributed by atoms with Gasteiger partial charge in [-0.3, -0.25) is 4.90 Å². The van der Waals surface area contributed by atoms with E-state index in [-0.39, 0.29) is 0 Å². The molecule has 1 atom stereocenters. The van der Waals surface area contributed by atoms with Crippen molar-refractivity contribution < 1.29 is 0 Å². The smallest absolute Gasteiger partial charge is 0.107 e. The van der Waals surface area contributed by atoms with E-state index >= 15 is 0 Å². The zero-order valence-corrected chi connectivity index (χ0v) is 12.3. The lowest BCUT2D eigenvalue weighted by Gasteiger charge is -2.34. The molecule has 92 valence electrons. The summed E-state index contributed by atoms with van der Waals surface area (Å²) in [5.74, 6) is 0.509. The van der Waals surface area contributed by atoms with Crippen LogP contribution in [0.1, 0.15) is 38.4 Å². The topological polar surface area (TPSA) is 16.1 Å². The minimum Gasteiger partial charge on any atom is -0.297 e. The molecule has 0 aliphatic heterocycles. The molecule has 1 unspecified atom stereocenters. The molecule has 1 aromatic heterocycles. The minimum absolute atomic E-state index is 0.293. The number of alkyl halides is 1. The summed E-state index contributed by atoms with van der Waals surface area (Å²) in [7, 11) is 2.15. The first-order chi connectivity index (χ1) is 7.34. The first-order valence-corrected chi connectivity index (χ1v) is 6.95. The fourth-order valence-electron chi connectivity index (χ4n) is 1.49. The molecular weight excluding hydrogens is 240 g/mol. The Labute approximate surface area is 108 Å². The number of rotatable bonds is 4. The van der Waals surface area contributed by atoms with Gasteiger partial charge in [-0.1, -0.05) is 20.8 Å². The summed E-state index contributed by atoms with van der Waals surface area (Å²) in [5, 5.41) is 3.19. The maximum Gasteiger partial charge on any atom is 0.107 e.